The normalized spacial score (nSPS) is 11.1. The maximum atomic E-state index is 13.0. The predicted octanol–water partition coefficient (Wildman–Crippen LogP) is 3.44. The highest BCUT2D eigenvalue weighted by atomic mass is 32.2. The van der Waals surface area contributed by atoms with Gasteiger partial charge in [-0.25, -0.2) is 0 Å². The van der Waals surface area contributed by atoms with Crippen molar-refractivity contribution in [3.05, 3.63) is 90.6 Å². The number of carbonyl (C=O) groups is 1. The van der Waals surface area contributed by atoms with Crippen molar-refractivity contribution in [3.63, 3.8) is 0 Å². The summed E-state index contributed by atoms with van der Waals surface area (Å²) in [6.07, 6.45) is 1.33. The van der Waals surface area contributed by atoms with E-state index in [1.165, 1.54) is 24.4 Å². The molecule has 1 heterocycles. The molecule has 0 aliphatic rings. The Hall–Kier alpha value is -3.98. The Kier molecular flexibility index (Phi) is 5.50. The topological polar surface area (TPSA) is 103 Å². The summed E-state index contributed by atoms with van der Waals surface area (Å²) in [6, 6.07) is 21.7. The molecule has 1 N–H and O–H groups in total. The molecule has 0 saturated heterocycles. The molecule has 0 saturated carbocycles. The SMILES string of the molecule is COc1ccc(-c2cn(S(=O)(=O)c3cccc(C(=O)Nc4ccccc4)c3)nn2)cc1. The number of anilines is 1. The zero-order chi connectivity index (χ0) is 21.8. The molecule has 0 aliphatic carbocycles. The number of aromatic nitrogens is 3. The van der Waals surface area contributed by atoms with Crippen molar-refractivity contribution >= 4 is 21.6 Å². The maximum Gasteiger partial charge on any atom is 0.284 e. The van der Waals surface area contributed by atoms with Gasteiger partial charge in [-0.3, -0.25) is 4.79 Å². The standard InChI is InChI=1S/C22H18N4O4S/c1-30-19-12-10-16(11-13-19)21-15-26(25-24-21)31(28,29)20-9-5-6-17(14-20)22(27)23-18-7-3-2-4-8-18/h2-15H,1H3,(H,23,27). The van der Waals surface area contributed by atoms with Crippen LogP contribution in [-0.2, 0) is 10.0 Å². The van der Waals surface area contributed by atoms with Crippen molar-refractivity contribution in [2.24, 2.45) is 0 Å². The van der Waals surface area contributed by atoms with Crippen LogP contribution in [0.3, 0.4) is 0 Å². The highest BCUT2D eigenvalue weighted by molar-refractivity contribution is 7.89. The Bertz CT molecular complexity index is 1320. The van der Waals surface area contributed by atoms with E-state index in [-0.39, 0.29) is 10.5 Å². The van der Waals surface area contributed by atoms with Crippen LogP contribution in [0.2, 0.25) is 0 Å². The Morgan fingerprint density at radius 3 is 2.42 bits per heavy atom. The van der Waals surface area contributed by atoms with Gasteiger partial charge in [0.25, 0.3) is 15.9 Å². The fourth-order valence-corrected chi connectivity index (χ4v) is 4.00. The molecule has 4 rings (SSSR count). The van der Waals surface area contributed by atoms with E-state index in [1.54, 1.807) is 61.7 Å². The molecule has 1 amide bonds. The van der Waals surface area contributed by atoms with Crippen molar-refractivity contribution < 1.29 is 17.9 Å². The monoisotopic (exact) mass is 434 g/mol. The highest BCUT2D eigenvalue weighted by Gasteiger charge is 2.21. The van der Waals surface area contributed by atoms with Gasteiger partial charge in [-0.05, 0) is 54.6 Å². The van der Waals surface area contributed by atoms with E-state index in [0.29, 0.717) is 22.7 Å². The first-order valence-corrected chi connectivity index (χ1v) is 10.7. The third kappa shape index (κ3) is 4.31. The van der Waals surface area contributed by atoms with Crippen LogP contribution in [0.1, 0.15) is 10.4 Å². The van der Waals surface area contributed by atoms with Gasteiger partial charge in [-0.1, -0.05) is 29.5 Å². The molecule has 8 nitrogen and oxygen atoms in total. The second kappa shape index (κ2) is 8.41. The van der Waals surface area contributed by atoms with Gasteiger partial charge < -0.3 is 10.1 Å². The van der Waals surface area contributed by atoms with Crippen molar-refractivity contribution in [2.75, 3.05) is 12.4 Å². The van der Waals surface area contributed by atoms with Crippen molar-refractivity contribution in [1.82, 2.24) is 14.4 Å². The summed E-state index contributed by atoms with van der Waals surface area (Å²) >= 11 is 0. The third-order valence-electron chi connectivity index (χ3n) is 4.53. The minimum atomic E-state index is -4.03. The number of ether oxygens (including phenoxy) is 1. The Labute approximate surface area is 179 Å². The first-order chi connectivity index (χ1) is 15.0. The lowest BCUT2D eigenvalue weighted by molar-refractivity contribution is 0.102. The third-order valence-corrected chi connectivity index (χ3v) is 6.05. The molecule has 0 bridgehead atoms. The number of rotatable bonds is 6. The van der Waals surface area contributed by atoms with Gasteiger partial charge in [0.1, 0.15) is 11.4 Å². The minimum Gasteiger partial charge on any atom is -0.497 e. The lowest BCUT2D eigenvalue weighted by atomic mass is 10.2. The summed E-state index contributed by atoms with van der Waals surface area (Å²) in [7, 11) is -2.47. The van der Waals surface area contributed by atoms with Crippen LogP contribution in [0.4, 0.5) is 5.69 Å². The van der Waals surface area contributed by atoms with E-state index in [4.69, 9.17) is 4.74 Å². The van der Waals surface area contributed by atoms with E-state index >= 15 is 0 Å². The van der Waals surface area contributed by atoms with Gasteiger partial charge in [0.05, 0.1) is 18.2 Å². The van der Waals surface area contributed by atoms with Gasteiger partial charge >= 0.3 is 0 Å². The number of para-hydroxylation sites is 1. The predicted molar refractivity (Wildman–Crippen MR) is 115 cm³/mol. The highest BCUT2D eigenvalue weighted by Crippen LogP contribution is 2.22. The Morgan fingerprint density at radius 2 is 1.71 bits per heavy atom. The molecule has 0 spiro atoms. The number of nitrogens with one attached hydrogen (secondary N) is 1. The van der Waals surface area contributed by atoms with Crippen LogP contribution in [-0.4, -0.2) is 35.8 Å². The molecule has 4 aromatic rings. The Morgan fingerprint density at radius 1 is 0.968 bits per heavy atom. The van der Waals surface area contributed by atoms with Crippen LogP contribution in [0.25, 0.3) is 11.3 Å². The molecule has 0 atom stereocenters. The van der Waals surface area contributed by atoms with Crippen LogP contribution in [0, 0.1) is 0 Å². The molecule has 3 aromatic carbocycles. The fraction of sp³-hybridized carbons (Fsp3) is 0.0455. The molecule has 0 unspecified atom stereocenters. The quantitative estimate of drug-likeness (QED) is 0.499. The van der Waals surface area contributed by atoms with E-state index in [1.807, 2.05) is 6.07 Å². The summed E-state index contributed by atoms with van der Waals surface area (Å²) in [4.78, 5) is 12.5. The smallest absolute Gasteiger partial charge is 0.284 e. The number of methoxy groups -OCH3 is 1. The van der Waals surface area contributed by atoms with Gasteiger partial charge in [-0.15, -0.1) is 9.19 Å². The van der Waals surface area contributed by atoms with Gasteiger partial charge in [0, 0.05) is 16.8 Å². The lowest BCUT2D eigenvalue weighted by Crippen LogP contribution is -2.16. The van der Waals surface area contributed by atoms with E-state index in [9.17, 15) is 13.2 Å². The molecule has 156 valence electrons. The first kappa shape index (κ1) is 20.3. The van der Waals surface area contributed by atoms with Gasteiger partial charge in [-0.2, -0.15) is 8.42 Å². The number of carbonyl (C=O) groups excluding carboxylic acids is 1. The van der Waals surface area contributed by atoms with Crippen LogP contribution < -0.4 is 10.1 Å². The largest absolute Gasteiger partial charge is 0.497 e. The molecule has 0 aliphatic heterocycles. The minimum absolute atomic E-state index is 0.0700. The van der Waals surface area contributed by atoms with E-state index in [2.05, 4.69) is 15.6 Å². The number of amides is 1. The number of hydrogen-bond donors (Lipinski definition) is 1. The summed E-state index contributed by atoms with van der Waals surface area (Å²) < 4.78 is 32.0. The van der Waals surface area contributed by atoms with E-state index in [0.717, 1.165) is 4.09 Å². The summed E-state index contributed by atoms with van der Waals surface area (Å²) in [5, 5.41) is 10.5. The first-order valence-electron chi connectivity index (χ1n) is 9.26. The second-order valence-electron chi connectivity index (χ2n) is 6.56. The summed E-state index contributed by atoms with van der Waals surface area (Å²) in [5.41, 5.74) is 1.91. The fourth-order valence-electron chi connectivity index (χ4n) is 2.89. The van der Waals surface area contributed by atoms with Crippen LogP contribution in [0.15, 0.2) is 90.0 Å². The summed E-state index contributed by atoms with van der Waals surface area (Å²) in [5.74, 6) is 0.259. The zero-order valence-corrected chi connectivity index (χ0v) is 17.3. The van der Waals surface area contributed by atoms with Gasteiger partial charge in [0.15, 0.2) is 0 Å². The molecule has 9 heteroatoms. The average molecular weight is 434 g/mol. The second-order valence-corrected chi connectivity index (χ2v) is 8.35. The maximum absolute atomic E-state index is 13.0. The number of nitrogens with zero attached hydrogens (tertiary/aromatic N) is 3. The van der Waals surface area contributed by atoms with Gasteiger partial charge in [0.2, 0.25) is 0 Å². The van der Waals surface area contributed by atoms with Crippen molar-refractivity contribution in [1.29, 1.82) is 0 Å². The molecule has 0 fully saturated rings. The Balaban J connectivity index is 1.60. The molecule has 1 aromatic heterocycles. The zero-order valence-electron chi connectivity index (χ0n) is 16.5. The van der Waals surface area contributed by atoms with Crippen LogP contribution in [0.5, 0.6) is 5.75 Å². The van der Waals surface area contributed by atoms with E-state index < -0.39 is 15.9 Å². The number of hydrogen-bond acceptors (Lipinski definition) is 6. The molecule has 31 heavy (non-hydrogen) atoms. The number of benzene rings is 3. The van der Waals surface area contributed by atoms with Crippen molar-refractivity contribution in [3.8, 4) is 17.0 Å². The molecule has 0 radical (unpaired) electrons. The van der Waals surface area contributed by atoms with Crippen LogP contribution >= 0.6 is 0 Å². The summed E-state index contributed by atoms with van der Waals surface area (Å²) in [6.45, 7) is 0. The molecular formula is C22H18N4O4S. The molecular weight excluding hydrogens is 416 g/mol. The van der Waals surface area contributed by atoms with Crippen molar-refractivity contribution in [2.45, 2.75) is 4.90 Å². The average Bonchev–Trinajstić information content (AvgIpc) is 3.31. The lowest BCUT2D eigenvalue weighted by Gasteiger charge is -2.07.